The highest BCUT2D eigenvalue weighted by molar-refractivity contribution is 5.79. The maximum absolute atomic E-state index is 4.42. The minimum Gasteiger partial charge on any atom is -0.296 e. The van der Waals surface area contributed by atoms with Crippen LogP contribution in [0.2, 0.25) is 0 Å². The maximum atomic E-state index is 4.42. The number of pyridine rings is 1. The second-order valence-corrected chi connectivity index (χ2v) is 5.86. The van der Waals surface area contributed by atoms with Crippen LogP contribution in [0.25, 0.3) is 10.9 Å². The monoisotopic (exact) mass is 268 g/mol. The van der Waals surface area contributed by atoms with Crippen molar-refractivity contribution in [1.29, 1.82) is 0 Å². The van der Waals surface area contributed by atoms with E-state index in [1.807, 2.05) is 12.3 Å². The summed E-state index contributed by atoms with van der Waals surface area (Å²) in [7, 11) is 0. The van der Waals surface area contributed by atoms with E-state index >= 15 is 0 Å². The summed E-state index contributed by atoms with van der Waals surface area (Å²) in [5.41, 5.74) is 2.58. The average Bonchev–Trinajstić information content (AvgIpc) is 2.53. The number of unbranched alkanes of at least 4 members (excludes halogenated alkanes) is 1. The summed E-state index contributed by atoms with van der Waals surface area (Å²) in [5, 5.41) is 1.27. The van der Waals surface area contributed by atoms with Gasteiger partial charge in [-0.05, 0) is 56.1 Å². The second-order valence-electron chi connectivity index (χ2n) is 5.86. The van der Waals surface area contributed by atoms with Crippen LogP contribution >= 0.6 is 0 Å². The van der Waals surface area contributed by atoms with Gasteiger partial charge in [-0.1, -0.05) is 31.9 Å². The van der Waals surface area contributed by atoms with Gasteiger partial charge in [0.25, 0.3) is 0 Å². The Morgan fingerprint density at radius 3 is 3.10 bits per heavy atom. The molecule has 0 unspecified atom stereocenters. The lowest BCUT2D eigenvalue weighted by Gasteiger charge is -2.36. The minimum absolute atomic E-state index is 0.611. The van der Waals surface area contributed by atoms with E-state index in [0.29, 0.717) is 6.04 Å². The lowest BCUT2D eigenvalue weighted by atomic mass is 9.94. The summed E-state index contributed by atoms with van der Waals surface area (Å²) in [6, 6.07) is 11.6. The molecule has 1 aromatic heterocycles. The molecule has 1 aliphatic heterocycles. The molecule has 1 fully saturated rings. The highest BCUT2D eigenvalue weighted by atomic mass is 15.2. The summed E-state index contributed by atoms with van der Waals surface area (Å²) in [4.78, 5) is 7.11. The quantitative estimate of drug-likeness (QED) is 0.808. The van der Waals surface area contributed by atoms with Crippen molar-refractivity contribution >= 4 is 10.9 Å². The predicted octanol–water partition coefficient (Wildman–Crippen LogP) is 4.56. The molecule has 1 saturated heterocycles. The van der Waals surface area contributed by atoms with Crippen molar-refractivity contribution in [1.82, 2.24) is 9.88 Å². The molecular formula is C18H24N2. The first kappa shape index (κ1) is 13.6. The zero-order chi connectivity index (χ0) is 13.8. The van der Waals surface area contributed by atoms with Crippen molar-refractivity contribution in [3.8, 4) is 0 Å². The van der Waals surface area contributed by atoms with Gasteiger partial charge in [-0.15, -0.1) is 0 Å². The smallest absolute Gasteiger partial charge is 0.0702 e. The van der Waals surface area contributed by atoms with Gasteiger partial charge in [0.2, 0.25) is 0 Å². The molecule has 0 amide bonds. The van der Waals surface area contributed by atoms with E-state index in [9.17, 15) is 0 Å². The third-order valence-electron chi connectivity index (χ3n) is 4.42. The second kappa shape index (κ2) is 6.36. The van der Waals surface area contributed by atoms with Crippen molar-refractivity contribution in [3.05, 3.63) is 42.1 Å². The molecule has 0 aliphatic carbocycles. The Hall–Kier alpha value is -1.41. The summed E-state index contributed by atoms with van der Waals surface area (Å²) in [5.74, 6) is 0. The molecule has 2 heteroatoms. The standard InChI is InChI=1S/C18H24N2/c1-2-3-12-20-13-5-4-8-18(20)16-9-10-17-15(14-16)7-6-11-19-17/h6-7,9-11,14,18H,2-5,8,12-13H2,1H3/t18-/m1/s1. The van der Waals surface area contributed by atoms with Gasteiger partial charge in [-0.25, -0.2) is 0 Å². The number of nitrogens with zero attached hydrogens (tertiary/aromatic N) is 2. The van der Waals surface area contributed by atoms with E-state index in [0.717, 1.165) is 5.52 Å². The molecule has 1 atom stereocenters. The highest BCUT2D eigenvalue weighted by Gasteiger charge is 2.23. The van der Waals surface area contributed by atoms with Gasteiger partial charge in [0.05, 0.1) is 5.52 Å². The molecule has 0 spiro atoms. The Labute approximate surface area is 121 Å². The zero-order valence-electron chi connectivity index (χ0n) is 12.4. The SMILES string of the molecule is CCCCN1CCCC[C@@H]1c1ccc2ncccc2c1. The molecule has 2 nitrogen and oxygen atoms in total. The van der Waals surface area contributed by atoms with Gasteiger partial charge in [0.15, 0.2) is 0 Å². The molecule has 2 heterocycles. The molecule has 0 N–H and O–H groups in total. The third kappa shape index (κ3) is 2.85. The van der Waals surface area contributed by atoms with Gasteiger partial charge >= 0.3 is 0 Å². The van der Waals surface area contributed by atoms with Crippen LogP contribution in [0.15, 0.2) is 36.5 Å². The van der Waals surface area contributed by atoms with Gasteiger partial charge in [0, 0.05) is 17.6 Å². The number of rotatable bonds is 4. The molecule has 0 bridgehead atoms. The van der Waals surface area contributed by atoms with Crippen molar-refractivity contribution < 1.29 is 0 Å². The average molecular weight is 268 g/mol. The number of fused-ring (bicyclic) bond motifs is 1. The summed E-state index contributed by atoms with van der Waals surface area (Å²) >= 11 is 0. The Balaban J connectivity index is 1.86. The van der Waals surface area contributed by atoms with E-state index in [1.54, 1.807) is 0 Å². The Bertz CT molecular complexity index is 564. The molecule has 1 aromatic carbocycles. The van der Waals surface area contributed by atoms with Crippen molar-refractivity contribution in [2.24, 2.45) is 0 Å². The number of hydrogen-bond donors (Lipinski definition) is 0. The van der Waals surface area contributed by atoms with Crippen LogP contribution in [0.3, 0.4) is 0 Å². The fourth-order valence-electron chi connectivity index (χ4n) is 3.30. The molecule has 20 heavy (non-hydrogen) atoms. The third-order valence-corrected chi connectivity index (χ3v) is 4.42. The van der Waals surface area contributed by atoms with Crippen molar-refractivity contribution in [3.63, 3.8) is 0 Å². The van der Waals surface area contributed by atoms with Crippen LogP contribution in [0.4, 0.5) is 0 Å². The van der Waals surface area contributed by atoms with E-state index in [1.165, 1.54) is 56.1 Å². The molecule has 106 valence electrons. The minimum atomic E-state index is 0.611. The lowest BCUT2D eigenvalue weighted by Crippen LogP contribution is -2.34. The van der Waals surface area contributed by atoms with Crippen LogP contribution in [-0.4, -0.2) is 23.0 Å². The van der Waals surface area contributed by atoms with Crippen LogP contribution in [0, 0.1) is 0 Å². The Kier molecular flexibility index (Phi) is 4.31. The normalized spacial score (nSPS) is 20.4. The van der Waals surface area contributed by atoms with Crippen molar-refractivity contribution in [2.75, 3.05) is 13.1 Å². The summed E-state index contributed by atoms with van der Waals surface area (Å²) in [6.07, 6.45) is 8.48. The summed E-state index contributed by atoms with van der Waals surface area (Å²) < 4.78 is 0. The lowest BCUT2D eigenvalue weighted by molar-refractivity contribution is 0.147. The molecule has 0 saturated carbocycles. The van der Waals surface area contributed by atoms with Gasteiger partial charge in [-0.3, -0.25) is 9.88 Å². The fourth-order valence-corrected chi connectivity index (χ4v) is 3.30. The van der Waals surface area contributed by atoms with Crippen molar-refractivity contribution in [2.45, 2.75) is 45.1 Å². The predicted molar refractivity (Wildman–Crippen MR) is 84.8 cm³/mol. The molecular weight excluding hydrogens is 244 g/mol. The Morgan fingerprint density at radius 1 is 1.25 bits per heavy atom. The maximum Gasteiger partial charge on any atom is 0.0702 e. The van der Waals surface area contributed by atoms with Gasteiger partial charge in [0.1, 0.15) is 0 Å². The van der Waals surface area contributed by atoms with E-state index < -0.39 is 0 Å². The number of hydrogen-bond acceptors (Lipinski definition) is 2. The number of aromatic nitrogens is 1. The first-order chi connectivity index (χ1) is 9.88. The van der Waals surface area contributed by atoms with Crippen LogP contribution in [0.1, 0.15) is 50.6 Å². The largest absolute Gasteiger partial charge is 0.296 e. The molecule has 1 aliphatic rings. The number of benzene rings is 1. The summed E-state index contributed by atoms with van der Waals surface area (Å²) in [6.45, 7) is 4.78. The molecule has 3 rings (SSSR count). The van der Waals surface area contributed by atoms with E-state index in [4.69, 9.17) is 0 Å². The topological polar surface area (TPSA) is 16.1 Å². The Morgan fingerprint density at radius 2 is 2.20 bits per heavy atom. The van der Waals surface area contributed by atoms with Crippen LogP contribution in [0.5, 0.6) is 0 Å². The van der Waals surface area contributed by atoms with Crippen LogP contribution < -0.4 is 0 Å². The van der Waals surface area contributed by atoms with E-state index in [-0.39, 0.29) is 0 Å². The number of likely N-dealkylation sites (tertiary alicyclic amines) is 1. The zero-order valence-corrected chi connectivity index (χ0v) is 12.4. The molecule has 0 radical (unpaired) electrons. The molecule has 2 aromatic rings. The van der Waals surface area contributed by atoms with Gasteiger partial charge < -0.3 is 0 Å². The first-order valence-electron chi connectivity index (χ1n) is 7.97. The first-order valence-corrected chi connectivity index (χ1v) is 7.97. The fraction of sp³-hybridized carbons (Fsp3) is 0.500. The van der Waals surface area contributed by atoms with Gasteiger partial charge in [-0.2, -0.15) is 0 Å². The highest BCUT2D eigenvalue weighted by Crippen LogP contribution is 2.32. The van der Waals surface area contributed by atoms with E-state index in [2.05, 4.69) is 41.1 Å². The number of piperidine rings is 1. The van der Waals surface area contributed by atoms with Crippen LogP contribution in [-0.2, 0) is 0 Å².